The Kier molecular flexibility index (Phi) is 5.73. The first kappa shape index (κ1) is 17.4. The minimum absolute atomic E-state index is 0.0444. The molecule has 0 bridgehead atoms. The van der Waals surface area contributed by atoms with E-state index in [1.54, 1.807) is 6.07 Å². The third-order valence-electron chi connectivity index (χ3n) is 3.15. The monoisotopic (exact) mass is 355 g/mol. The van der Waals surface area contributed by atoms with Crippen LogP contribution < -0.4 is 4.74 Å². The maximum atomic E-state index is 13.9. The molecule has 0 radical (unpaired) electrons. The fourth-order valence-electron chi connectivity index (χ4n) is 2.05. The molecule has 0 aromatic heterocycles. The van der Waals surface area contributed by atoms with Crippen LogP contribution in [0.25, 0.3) is 6.08 Å². The first-order valence-electron chi connectivity index (χ1n) is 6.73. The van der Waals surface area contributed by atoms with Gasteiger partial charge in [0.15, 0.2) is 0 Å². The molecule has 8 heteroatoms. The maximum Gasteiger partial charge on any atom is 0.303 e. The number of carbonyl (C=O) groups is 2. The topological polar surface area (TPSA) is 66.8 Å². The molecule has 1 aliphatic rings. The van der Waals surface area contributed by atoms with Crippen LogP contribution in [-0.4, -0.2) is 39.9 Å². The van der Waals surface area contributed by atoms with Crippen molar-refractivity contribution >= 4 is 46.3 Å². The summed E-state index contributed by atoms with van der Waals surface area (Å²) in [5.41, 5.74) is 0.182. The van der Waals surface area contributed by atoms with Gasteiger partial charge < -0.3 is 9.84 Å². The number of methoxy groups -OCH3 is 1. The molecule has 122 valence electrons. The first-order chi connectivity index (χ1) is 10.9. The summed E-state index contributed by atoms with van der Waals surface area (Å²) >= 11 is 6.20. The fourth-order valence-corrected chi connectivity index (χ4v) is 3.34. The van der Waals surface area contributed by atoms with Crippen LogP contribution in [0, 0.1) is 5.82 Å². The highest BCUT2D eigenvalue weighted by molar-refractivity contribution is 8.26. The van der Waals surface area contributed by atoms with E-state index in [9.17, 15) is 14.0 Å². The second kappa shape index (κ2) is 7.56. The number of carboxylic acid groups (broad SMARTS) is 1. The smallest absolute Gasteiger partial charge is 0.303 e. The number of nitrogens with zero attached hydrogens (tertiary/aromatic N) is 1. The number of hydrogen-bond acceptors (Lipinski definition) is 5. The van der Waals surface area contributed by atoms with Crippen LogP contribution in [0.4, 0.5) is 4.39 Å². The number of hydrogen-bond donors (Lipinski definition) is 1. The van der Waals surface area contributed by atoms with E-state index >= 15 is 0 Å². The number of thioether (sulfide) groups is 1. The van der Waals surface area contributed by atoms with Crippen molar-refractivity contribution in [2.75, 3.05) is 13.7 Å². The van der Waals surface area contributed by atoms with Crippen molar-refractivity contribution in [2.45, 2.75) is 12.8 Å². The van der Waals surface area contributed by atoms with Crippen molar-refractivity contribution in [2.24, 2.45) is 0 Å². The van der Waals surface area contributed by atoms with Gasteiger partial charge >= 0.3 is 5.97 Å². The molecule has 2 rings (SSSR count). The molecule has 0 atom stereocenters. The minimum atomic E-state index is -0.929. The normalized spacial score (nSPS) is 16.3. The Balaban J connectivity index is 2.20. The number of carbonyl (C=O) groups excluding carboxylic acids is 1. The molecule has 1 amide bonds. The molecule has 1 fully saturated rings. The molecule has 1 N–H and O–H groups in total. The molecular weight excluding hydrogens is 341 g/mol. The van der Waals surface area contributed by atoms with Gasteiger partial charge in [-0.1, -0.05) is 30.0 Å². The molecular formula is C15H14FNO4S2. The molecule has 0 saturated carbocycles. The van der Waals surface area contributed by atoms with Gasteiger partial charge in [0.1, 0.15) is 15.9 Å². The van der Waals surface area contributed by atoms with Gasteiger partial charge in [0.05, 0.1) is 17.6 Å². The highest BCUT2D eigenvalue weighted by Crippen LogP contribution is 2.35. The van der Waals surface area contributed by atoms with Crippen LogP contribution in [0.2, 0.25) is 0 Å². The van der Waals surface area contributed by atoms with E-state index in [0.717, 1.165) is 11.8 Å². The molecule has 1 aromatic rings. The zero-order valence-electron chi connectivity index (χ0n) is 12.2. The van der Waals surface area contributed by atoms with Gasteiger partial charge in [-0.05, 0) is 24.6 Å². The summed E-state index contributed by atoms with van der Waals surface area (Å²) in [4.78, 5) is 24.5. The van der Waals surface area contributed by atoms with Gasteiger partial charge in [0.2, 0.25) is 0 Å². The number of carboxylic acids is 1. The summed E-state index contributed by atoms with van der Waals surface area (Å²) in [6.07, 6.45) is 1.67. The Morgan fingerprint density at radius 1 is 1.52 bits per heavy atom. The third kappa shape index (κ3) is 4.08. The minimum Gasteiger partial charge on any atom is -0.496 e. The average Bonchev–Trinajstić information content (AvgIpc) is 2.76. The van der Waals surface area contributed by atoms with E-state index in [1.807, 2.05) is 0 Å². The van der Waals surface area contributed by atoms with Gasteiger partial charge in [-0.2, -0.15) is 0 Å². The Bertz CT molecular complexity index is 690. The number of halogens is 1. The van der Waals surface area contributed by atoms with Crippen LogP contribution >= 0.6 is 24.0 Å². The molecule has 0 unspecified atom stereocenters. The van der Waals surface area contributed by atoms with Crippen molar-refractivity contribution in [3.05, 3.63) is 34.5 Å². The van der Waals surface area contributed by atoms with E-state index in [4.69, 9.17) is 22.1 Å². The molecule has 1 aliphatic heterocycles. The number of thiocarbonyl (C=S) groups is 1. The quantitative estimate of drug-likeness (QED) is 0.625. The lowest BCUT2D eigenvalue weighted by atomic mass is 10.1. The van der Waals surface area contributed by atoms with Crippen molar-refractivity contribution in [1.29, 1.82) is 0 Å². The molecule has 5 nitrogen and oxygen atoms in total. The van der Waals surface area contributed by atoms with Crippen LogP contribution in [0.3, 0.4) is 0 Å². The highest BCUT2D eigenvalue weighted by Gasteiger charge is 2.32. The SMILES string of the molecule is COc1cccc(F)c1/C=C1\SC(=S)N(CCCC(=O)O)C1=O. The lowest BCUT2D eigenvalue weighted by molar-refractivity contribution is -0.137. The largest absolute Gasteiger partial charge is 0.496 e. The van der Waals surface area contributed by atoms with Crippen molar-refractivity contribution < 1.29 is 23.8 Å². The summed E-state index contributed by atoms with van der Waals surface area (Å²) < 4.78 is 19.4. The predicted molar refractivity (Wildman–Crippen MR) is 89.7 cm³/mol. The van der Waals surface area contributed by atoms with Crippen molar-refractivity contribution in [3.63, 3.8) is 0 Å². The lowest BCUT2D eigenvalue weighted by Gasteiger charge is -2.13. The lowest BCUT2D eigenvalue weighted by Crippen LogP contribution is -2.29. The number of rotatable bonds is 6. The summed E-state index contributed by atoms with van der Waals surface area (Å²) in [6, 6.07) is 4.40. The van der Waals surface area contributed by atoms with Gasteiger partial charge in [-0.15, -0.1) is 0 Å². The van der Waals surface area contributed by atoms with E-state index in [0.29, 0.717) is 16.5 Å². The summed E-state index contributed by atoms with van der Waals surface area (Å²) in [5, 5.41) is 8.65. The zero-order chi connectivity index (χ0) is 17.0. The first-order valence-corrected chi connectivity index (χ1v) is 7.96. The van der Waals surface area contributed by atoms with Crippen LogP contribution in [0.1, 0.15) is 18.4 Å². The van der Waals surface area contributed by atoms with Crippen molar-refractivity contribution in [1.82, 2.24) is 4.90 Å². The maximum absolute atomic E-state index is 13.9. The molecule has 1 aromatic carbocycles. The second-order valence-corrected chi connectivity index (χ2v) is 6.36. The molecule has 0 aliphatic carbocycles. The number of ether oxygens (including phenoxy) is 1. The standard InChI is InChI=1S/C15H14FNO4S2/c1-21-11-5-2-4-10(16)9(11)8-12-14(20)17(15(22)23-12)7-3-6-13(18)19/h2,4-5,8H,3,6-7H2,1H3,(H,18,19)/b12-8-. The van der Waals surface area contributed by atoms with Crippen molar-refractivity contribution in [3.8, 4) is 5.75 Å². The van der Waals surface area contributed by atoms with E-state index < -0.39 is 11.8 Å². The molecule has 23 heavy (non-hydrogen) atoms. The second-order valence-electron chi connectivity index (χ2n) is 4.69. The molecule has 1 heterocycles. The summed E-state index contributed by atoms with van der Waals surface area (Å²) in [6.45, 7) is 0.225. The van der Waals surface area contributed by atoms with E-state index in [-0.39, 0.29) is 29.3 Å². The number of benzene rings is 1. The zero-order valence-corrected chi connectivity index (χ0v) is 13.9. The Labute approximate surface area is 142 Å². The van der Waals surface area contributed by atoms with E-state index in [2.05, 4.69) is 0 Å². The third-order valence-corrected chi connectivity index (χ3v) is 4.53. The Morgan fingerprint density at radius 2 is 2.26 bits per heavy atom. The van der Waals surface area contributed by atoms with Gasteiger partial charge in [-0.3, -0.25) is 14.5 Å². The van der Waals surface area contributed by atoms with Crippen LogP contribution in [0.15, 0.2) is 23.1 Å². The highest BCUT2D eigenvalue weighted by atomic mass is 32.2. The number of amides is 1. The average molecular weight is 355 g/mol. The summed E-state index contributed by atoms with van der Waals surface area (Å²) in [5.74, 6) is -1.46. The van der Waals surface area contributed by atoms with Gasteiger partial charge in [0.25, 0.3) is 5.91 Å². The predicted octanol–water partition coefficient (Wildman–Crippen LogP) is 2.90. The Hall–Kier alpha value is -1.93. The number of aliphatic carboxylic acids is 1. The van der Waals surface area contributed by atoms with Crippen LogP contribution in [0.5, 0.6) is 5.75 Å². The Morgan fingerprint density at radius 3 is 2.91 bits per heavy atom. The molecule has 0 spiro atoms. The van der Waals surface area contributed by atoms with Crippen LogP contribution in [-0.2, 0) is 9.59 Å². The van der Waals surface area contributed by atoms with Gasteiger partial charge in [0, 0.05) is 13.0 Å². The van der Waals surface area contributed by atoms with Gasteiger partial charge in [-0.25, -0.2) is 4.39 Å². The fraction of sp³-hybridized carbons (Fsp3) is 0.267. The summed E-state index contributed by atoms with van der Waals surface area (Å²) in [7, 11) is 1.42. The van der Waals surface area contributed by atoms with E-state index in [1.165, 1.54) is 30.2 Å². The molecule has 1 saturated heterocycles.